The van der Waals surface area contributed by atoms with E-state index in [0.29, 0.717) is 25.7 Å². The molecule has 1 aliphatic heterocycles. The fourth-order valence-electron chi connectivity index (χ4n) is 3.56. The third-order valence-electron chi connectivity index (χ3n) is 4.99. The van der Waals surface area contributed by atoms with E-state index in [1.807, 2.05) is 0 Å². The largest absolute Gasteiger partial charge is 0.567 e. The van der Waals surface area contributed by atoms with Crippen LogP contribution in [0, 0.1) is 17.5 Å². The normalized spacial score (nSPS) is 25.0. The zero-order chi connectivity index (χ0) is 20.0. The maximum absolute atomic E-state index is 13.8. The summed E-state index contributed by atoms with van der Waals surface area (Å²) in [5.74, 6) is -3.60. The molecule has 1 aromatic heterocycles. The molecule has 10 heteroatoms. The zero-order valence-corrected chi connectivity index (χ0v) is 15.5. The van der Waals surface area contributed by atoms with Gasteiger partial charge in [0.05, 0.1) is 23.5 Å². The Bertz CT molecular complexity index is 924. The lowest BCUT2D eigenvalue weighted by Crippen LogP contribution is -2.55. The zero-order valence-electron chi connectivity index (χ0n) is 14.6. The van der Waals surface area contributed by atoms with Gasteiger partial charge in [-0.15, -0.1) is 8.61 Å². The summed E-state index contributed by atoms with van der Waals surface area (Å²) < 4.78 is 56.5. The summed E-state index contributed by atoms with van der Waals surface area (Å²) in [6.07, 6.45) is 3.28. The van der Waals surface area contributed by atoms with Crippen molar-refractivity contribution in [1.82, 2.24) is 9.29 Å². The number of hydrogen-bond donors (Lipinski definition) is 1. The van der Waals surface area contributed by atoms with E-state index in [4.69, 9.17) is 5.73 Å². The Hall–Kier alpha value is -2.30. The summed E-state index contributed by atoms with van der Waals surface area (Å²) in [6.45, 7) is 0. The van der Waals surface area contributed by atoms with Gasteiger partial charge in [-0.1, -0.05) is 0 Å². The molecule has 0 saturated heterocycles. The molecular formula is C18H17F3N4O2S. The smallest absolute Gasteiger partial charge is 0.301 e. The van der Waals surface area contributed by atoms with Crippen molar-refractivity contribution in [3.63, 3.8) is 0 Å². The first-order valence-corrected chi connectivity index (χ1v) is 9.85. The van der Waals surface area contributed by atoms with Gasteiger partial charge in [0.15, 0.2) is 17.5 Å². The molecule has 1 fully saturated rings. The Morgan fingerprint density at radius 1 is 1.11 bits per heavy atom. The number of benzene rings is 1. The van der Waals surface area contributed by atoms with Crippen LogP contribution in [0.1, 0.15) is 36.0 Å². The van der Waals surface area contributed by atoms with Crippen LogP contribution >= 0.6 is 0 Å². The highest BCUT2D eigenvalue weighted by Crippen LogP contribution is 2.40. The maximum atomic E-state index is 13.8. The number of aromatic nitrogens is 1. The number of carbonyl (C=O) groups is 1. The number of hydrogen-bond acceptors (Lipinski definition) is 5. The van der Waals surface area contributed by atoms with Crippen LogP contribution in [0.3, 0.4) is 0 Å². The van der Waals surface area contributed by atoms with Crippen LogP contribution in [-0.4, -0.2) is 31.8 Å². The van der Waals surface area contributed by atoms with Crippen molar-refractivity contribution in [2.75, 3.05) is 4.31 Å². The molecule has 2 heterocycles. The standard InChI is InChI=1S/C18H17F3N4O2S/c19-10-7-14-17(23-9-10)24(13-5-6-15(20)16(21)8-13)28(27)25(18(14)26)12-3-1-11(22)2-4-12/h5-9,11-12H,1-4,22H2/t11-,12+,28?. The van der Waals surface area contributed by atoms with E-state index in [2.05, 4.69) is 4.98 Å². The molecule has 1 aromatic carbocycles. The summed E-state index contributed by atoms with van der Waals surface area (Å²) in [5, 5.41) is 0. The minimum absolute atomic E-state index is 0.0123. The number of nitrogens with zero attached hydrogens (tertiary/aromatic N) is 3. The van der Waals surface area contributed by atoms with Crippen LogP contribution in [0.5, 0.6) is 0 Å². The van der Waals surface area contributed by atoms with Crippen molar-refractivity contribution in [1.29, 1.82) is 0 Å². The minimum atomic E-state index is -2.09. The molecule has 2 aromatic rings. The minimum Gasteiger partial charge on any atom is -0.567 e. The van der Waals surface area contributed by atoms with Crippen LogP contribution in [-0.2, 0) is 11.5 Å². The number of anilines is 2. The average molecular weight is 410 g/mol. The summed E-state index contributed by atoms with van der Waals surface area (Å²) in [7, 11) is 0. The molecule has 1 atom stereocenters. The van der Waals surface area contributed by atoms with Crippen LogP contribution in [0.25, 0.3) is 0 Å². The molecule has 6 nitrogen and oxygen atoms in total. The molecule has 4 rings (SSSR count). The number of amides is 1. The fraction of sp³-hybridized carbons (Fsp3) is 0.333. The van der Waals surface area contributed by atoms with Gasteiger partial charge < -0.3 is 10.3 Å². The maximum Gasteiger partial charge on any atom is 0.301 e. The second kappa shape index (κ2) is 7.26. The predicted octanol–water partition coefficient (Wildman–Crippen LogP) is 2.94. The summed E-state index contributed by atoms with van der Waals surface area (Å²) in [5.41, 5.74) is 5.87. The van der Waals surface area contributed by atoms with Gasteiger partial charge in [-0.3, -0.25) is 4.79 Å². The molecular weight excluding hydrogens is 393 g/mol. The SMILES string of the molecule is N[C@H]1CC[C@@H](N2C(=O)c3cc(F)cnc3N(c3ccc(F)c(F)c3)[S+]2[O-])CC1. The molecule has 0 bridgehead atoms. The third kappa shape index (κ3) is 3.21. The molecule has 0 radical (unpaired) electrons. The second-order valence-electron chi connectivity index (χ2n) is 6.85. The van der Waals surface area contributed by atoms with Gasteiger partial charge in [0, 0.05) is 12.1 Å². The van der Waals surface area contributed by atoms with Crippen LogP contribution in [0.4, 0.5) is 24.7 Å². The molecule has 28 heavy (non-hydrogen) atoms. The van der Waals surface area contributed by atoms with E-state index in [0.717, 1.165) is 33.0 Å². The van der Waals surface area contributed by atoms with Gasteiger partial charge in [0.2, 0.25) is 11.5 Å². The van der Waals surface area contributed by atoms with Crippen molar-refractivity contribution in [2.24, 2.45) is 5.73 Å². The van der Waals surface area contributed by atoms with Gasteiger partial charge in [-0.25, -0.2) is 18.2 Å². The summed E-state index contributed by atoms with van der Waals surface area (Å²) in [4.78, 5) is 16.9. The number of halogens is 3. The van der Waals surface area contributed by atoms with Gasteiger partial charge >= 0.3 is 5.91 Å². The molecule has 1 aliphatic carbocycles. The Kier molecular flexibility index (Phi) is 4.94. The van der Waals surface area contributed by atoms with E-state index in [1.165, 1.54) is 6.07 Å². The van der Waals surface area contributed by atoms with Crippen LogP contribution in [0.15, 0.2) is 30.5 Å². The monoisotopic (exact) mass is 410 g/mol. The average Bonchev–Trinajstić information content (AvgIpc) is 2.67. The van der Waals surface area contributed by atoms with E-state index in [9.17, 15) is 22.5 Å². The Morgan fingerprint density at radius 2 is 1.82 bits per heavy atom. The van der Waals surface area contributed by atoms with Gasteiger partial charge in [0.1, 0.15) is 5.82 Å². The Morgan fingerprint density at radius 3 is 2.50 bits per heavy atom. The lowest BCUT2D eigenvalue weighted by Gasteiger charge is -2.40. The van der Waals surface area contributed by atoms with Crippen molar-refractivity contribution in [2.45, 2.75) is 37.8 Å². The fourth-order valence-corrected chi connectivity index (χ4v) is 5.03. The highest BCUT2D eigenvalue weighted by atomic mass is 32.2. The van der Waals surface area contributed by atoms with Crippen molar-refractivity contribution in [3.05, 3.63) is 53.5 Å². The first-order valence-electron chi connectivity index (χ1n) is 8.78. The quantitative estimate of drug-likeness (QED) is 0.770. The number of fused-ring (bicyclic) bond motifs is 1. The molecule has 1 saturated carbocycles. The molecule has 2 aliphatic rings. The van der Waals surface area contributed by atoms with Crippen LogP contribution < -0.4 is 10.0 Å². The molecule has 0 spiro atoms. The first kappa shape index (κ1) is 19.0. The lowest BCUT2D eigenvalue weighted by molar-refractivity contribution is 0.0788. The van der Waals surface area contributed by atoms with E-state index >= 15 is 0 Å². The van der Waals surface area contributed by atoms with E-state index < -0.39 is 34.9 Å². The predicted molar refractivity (Wildman–Crippen MR) is 97.2 cm³/mol. The highest BCUT2D eigenvalue weighted by molar-refractivity contribution is 7.91. The molecule has 1 unspecified atom stereocenters. The molecule has 2 N–H and O–H groups in total. The number of rotatable bonds is 2. The van der Waals surface area contributed by atoms with Crippen LogP contribution in [0.2, 0.25) is 0 Å². The number of pyridine rings is 1. The van der Waals surface area contributed by atoms with Gasteiger partial charge in [0.25, 0.3) is 0 Å². The first-order chi connectivity index (χ1) is 13.4. The van der Waals surface area contributed by atoms with Crippen molar-refractivity contribution in [3.8, 4) is 0 Å². The summed E-state index contributed by atoms with van der Waals surface area (Å²) in [6, 6.07) is 3.65. The lowest BCUT2D eigenvalue weighted by atomic mass is 9.91. The van der Waals surface area contributed by atoms with E-state index in [1.54, 1.807) is 0 Å². The molecule has 148 valence electrons. The highest BCUT2D eigenvalue weighted by Gasteiger charge is 2.48. The Balaban J connectivity index is 1.81. The third-order valence-corrected chi connectivity index (χ3v) is 6.49. The number of carbonyl (C=O) groups excluding carboxylic acids is 1. The summed E-state index contributed by atoms with van der Waals surface area (Å²) >= 11 is -2.09. The van der Waals surface area contributed by atoms with Crippen molar-refractivity contribution >= 4 is 29.0 Å². The number of nitrogens with two attached hydrogens (primary N) is 1. The topological polar surface area (TPSA) is 85.5 Å². The molecule has 1 amide bonds. The second-order valence-corrected chi connectivity index (χ2v) is 8.07. The van der Waals surface area contributed by atoms with E-state index in [-0.39, 0.29) is 29.2 Å². The van der Waals surface area contributed by atoms with Gasteiger partial charge in [-0.05, 0) is 43.9 Å². The van der Waals surface area contributed by atoms with Crippen molar-refractivity contribution < 1.29 is 22.5 Å². The van der Waals surface area contributed by atoms with Gasteiger partial charge in [-0.2, -0.15) is 0 Å². The Labute approximate surface area is 162 Å².